The Kier molecular flexibility index (Phi) is 2.48. The molecule has 2 N–H and O–H groups in total. The predicted octanol–water partition coefficient (Wildman–Crippen LogP) is 2.80. The van der Waals surface area contributed by atoms with Crippen molar-refractivity contribution in [2.24, 2.45) is 5.92 Å². The van der Waals surface area contributed by atoms with Gasteiger partial charge in [-0.3, -0.25) is 9.89 Å². The Labute approximate surface area is 103 Å². The fourth-order valence-electron chi connectivity index (χ4n) is 1.67. The number of carbonyl (C=O) groups is 1. The molecular formula is C12H13N3OS. The maximum atomic E-state index is 11.6. The van der Waals surface area contributed by atoms with Crippen LogP contribution < -0.4 is 5.32 Å². The Morgan fingerprint density at radius 1 is 1.53 bits per heavy atom. The summed E-state index contributed by atoms with van der Waals surface area (Å²) in [7, 11) is 0. The Morgan fingerprint density at radius 2 is 2.35 bits per heavy atom. The van der Waals surface area contributed by atoms with Gasteiger partial charge in [-0.05, 0) is 31.9 Å². The third-order valence-electron chi connectivity index (χ3n) is 2.78. The van der Waals surface area contributed by atoms with Gasteiger partial charge in [0.15, 0.2) is 5.82 Å². The van der Waals surface area contributed by atoms with Crippen molar-refractivity contribution in [2.45, 2.75) is 19.8 Å². The third kappa shape index (κ3) is 2.24. The number of H-pyrrole nitrogens is 1. The zero-order valence-electron chi connectivity index (χ0n) is 9.49. The standard InChI is InChI=1S/C12H13N3OS/c1-7-2-5-10(17-7)9-6-11(15-14-9)13-12(16)8-3-4-8/h2,5-6,8H,3-4H2,1H3,(H2,13,14,15,16). The summed E-state index contributed by atoms with van der Waals surface area (Å²) >= 11 is 1.71. The number of aromatic nitrogens is 2. The van der Waals surface area contributed by atoms with Crippen LogP contribution in [0.25, 0.3) is 10.6 Å². The van der Waals surface area contributed by atoms with E-state index in [9.17, 15) is 4.79 Å². The van der Waals surface area contributed by atoms with E-state index in [2.05, 4.69) is 34.6 Å². The highest BCUT2D eigenvalue weighted by Gasteiger charge is 2.29. The van der Waals surface area contributed by atoms with E-state index in [1.807, 2.05) is 6.07 Å². The lowest BCUT2D eigenvalue weighted by molar-refractivity contribution is -0.117. The summed E-state index contributed by atoms with van der Waals surface area (Å²) in [6, 6.07) is 6.01. The molecule has 0 aromatic carbocycles. The van der Waals surface area contributed by atoms with Gasteiger partial charge in [-0.15, -0.1) is 11.3 Å². The van der Waals surface area contributed by atoms with Gasteiger partial charge in [0.05, 0.1) is 10.6 Å². The monoisotopic (exact) mass is 247 g/mol. The first kappa shape index (κ1) is 10.5. The molecule has 1 aliphatic rings. The van der Waals surface area contributed by atoms with Crippen molar-refractivity contribution in [3.63, 3.8) is 0 Å². The van der Waals surface area contributed by atoms with Gasteiger partial charge >= 0.3 is 0 Å². The van der Waals surface area contributed by atoms with Crippen LogP contribution in [0.5, 0.6) is 0 Å². The van der Waals surface area contributed by atoms with E-state index in [1.165, 1.54) is 4.88 Å². The number of carbonyl (C=O) groups excluding carboxylic acids is 1. The van der Waals surface area contributed by atoms with Crippen molar-refractivity contribution in [1.29, 1.82) is 0 Å². The fraction of sp³-hybridized carbons (Fsp3) is 0.333. The lowest BCUT2D eigenvalue weighted by Gasteiger charge is -1.97. The Hall–Kier alpha value is -1.62. The van der Waals surface area contributed by atoms with E-state index in [1.54, 1.807) is 11.3 Å². The van der Waals surface area contributed by atoms with Crippen molar-refractivity contribution in [3.05, 3.63) is 23.1 Å². The minimum atomic E-state index is 0.0883. The normalized spacial score (nSPS) is 14.9. The second kappa shape index (κ2) is 4.00. The highest BCUT2D eigenvalue weighted by atomic mass is 32.1. The number of aryl methyl sites for hydroxylation is 1. The van der Waals surface area contributed by atoms with Crippen molar-refractivity contribution >= 4 is 23.1 Å². The molecule has 4 nitrogen and oxygen atoms in total. The zero-order valence-corrected chi connectivity index (χ0v) is 10.3. The molecule has 0 saturated heterocycles. The van der Waals surface area contributed by atoms with Crippen LogP contribution in [-0.2, 0) is 4.79 Å². The lowest BCUT2D eigenvalue weighted by Crippen LogP contribution is -2.13. The summed E-state index contributed by atoms with van der Waals surface area (Å²) in [6.45, 7) is 2.07. The molecule has 0 bridgehead atoms. The maximum absolute atomic E-state index is 11.6. The maximum Gasteiger partial charge on any atom is 0.228 e. The number of amides is 1. The Morgan fingerprint density at radius 3 is 3.00 bits per heavy atom. The van der Waals surface area contributed by atoms with E-state index < -0.39 is 0 Å². The number of nitrogens with zero attached hydrogens (tertiary/aromatic N) is 1. The Bertz CT molecular complexity index is 554. The van der Waals surface area contributed by atoms with Gasteiger partial charge < -0.3 is 5.32 Å². The topological polar surface area (TPSA) is 57.8 Å². The molecular weight excluding hydrogens is 234 g/mol. The van der Waals surface area contributed by atoms with E-state index in [-0.39, 0.29) is 11.8 Å². The average Bonchev–Trinajstić information content (AvgIpc) is 2.92. The molecule has 1 amide bonds. The van der Waals surface area contributed by atoms with E-state index in [0.29, 0.717) is 5.82 Å². The van der Waals surface area contributed by atoms with Gasteiger partial charge in [0.25, 0.3) is 0 Å². The number of anilines is 1. The molecule has 1 aliphatic carbocycles. The molecule has 0 unspecified atom stereocenters. The molecule has 17 heavy (non-hydrogen) atoms. The molecule has 2 aromatic heterocycles. The molecule has 0 spiro atoms. The number of aromatic amines is 1. The smallest absolute Gasteiger partial charge is 0.228 e. The number of hydrogen-bond donors (Lipinski definition) is 2. The highest BCUT2D eigenvalue weighted by molar-refractivity contribution is 7.15. The van der Waals surface area contributed by atoms with E-state index in [4.69, 9.17) is 0 Å². The van der Waals surface area contributed by atoms with Gasteiger partial charge in [-0.25, -0.2) is 0 Å². The fourth-order valence-corrected chi connectivity index (χ4v) is 2.50. The number of hydrogen-bond acceptors (Lipinski definition) is 3. The van der Waals surface area contributed by atoms with Crippen molar-refractivity contribution in [3.8, 4) is 10.6 Å². The first-order valence-corrected chi connectivity index (χ1v) is 6.47. The van der Waals surface area contributed by atoms with Crippen LogP contribution in [0.3, 0.4) is 0 Å². The van der Waals surface area contributed by atoms with Gasteiger partial charge in [-0.2, -0.15) is 5.10 Å². The molecule has 3 rings (SSSR count). The first-order valence-electron chi connectivity index (χ1n) is 5.65. The van der Waals surface area contributed by atoms with Crippen molar-refractivity contribution < 1.29 is 4.79 Å². The molecule has 1 fully saturated rings. The third-order valence-corrected chi connectivity index (χ3v) is 3.82. The van der Waals surface area contributed by atoms with Crippen LogP contribution in [0.2, 0.25) is 0 Å². The van der Waals surface area contributed by atoms with E-state index >= 15 is 0 Å². The van der Waals surface area contributed by atoms with Crippen molar-refractivity contribution in [1.82, 2.24) is 10.2 Å². The Balaban J connectivity index is 1.75. The van der Waals surface area contributed by atoms with Crippen LogP contribution >= 0.6 is 11.3 Å². The molecule has 0 radical (unpaired) electrons. The lowest BCUT2D eigenvalue weighted by atomic mass is 10.3. The van der Waals surface area contributed by atoms with Crippen LogP contribution in [0, 0.1) is 12.8 Å². The van der Waals surface area contributed by atoms with Crippen molar-refractivity contribution in [2.75, 3.05) is 5.32 Å². The molecule has 2 aromatic rings. The quantitative estimate of drug-likeness (QED) is 0.876. The summed E-state index contributed by atoms with van der Waals surface area (Å²) in [5.41, 5.74) is 0.953. The number of nitrogens with one attached hydrogen (secondary N) is 2. The predicted molar refractivity (Wildman–Crippen MR) is 68.0 cm³/mol. The SMILES string of the molecule is Cc1ccc(-c2cc(NC(=O)C3CC3)n[nH]2)s1. The average molecular weight is 247 g/mol. The second-order valence-corrected chi connectivity index (χ2v) is 5.63. The summed E-state index contributed by atoms with van der Waals surface area (Å²) in [4.78, 5) is 14.0. The van der Waals surface area contributed by atoms with Gasteiger partial charge in [0.2, 0.25) is 5.91 Å². The van der Waals surface area contributed by atoms with Crippen LogP contribution in [0.1, 0.15) is 17.7 Å². The molecule has 5 heteroatoms. The van der Waals surface area contributed by atoms with Crippen LogP contribution in [-0.4, -0.2) is 16.1 Å². The largest absolute Gasteiger partial charge is 0.309 e. The van der Waals surface area contributed by atoms with Crippen LogP contribution in [0.4, 0.5) is 5.82 Å². The minimum absolute atomic E-state index is 0.0883. The first-order chi connectivity index (χ1) is 8.22. The summed E-state index contributed by atoms with van der Waals surface area (Å²) in [5, 5.41) is 9.87. The molecule has 88 valence electrons. The van der Waals surface area contributed by atoms with Gasteiger partial charge in [-0.1, -0.05) is 0 Å². The van der Waals surface area contributed by atoms with Gasteiger partial charge in [0.1, 0.15) is 0 Å². The molecule has 0 atom stereocenters. The van der Waals surface area contributed by atoms with Crippen LogP contribution in [0.15, 0.2) is 18.2 Å². The summed E-state index contributed by atoms with van der Waals surface area (Å²) in [5.74, 6) is 0.910. The number of thiophene rings is 1. The number of rotatable bonds is 3. The molecule has 1 saturated carbocycles. The summed E-state index contributed by atoms with van der Waals surface area (Å²) in [6.07, 6.45) is 2.01. The zero-order chi connectivity index (χ0) is 11.8. The highest BCUT2D eigenvalue weighted by Crippen LogP contribution is 2.31. The minimum Gasteiger partial charge on any atom is -0.309 e. The molecule has 2 heterocycles. The summed E-state index contributed by atoms with van der Waals surface area (Å²) < 4.78 is 0. The van der Waals surface area contributed by atoms with Gasteiger partial charge in [0, 0.05) is 16.9 Å². The van der Waals surface area contributed by atoms with E-state index in [0.717, 1.165) is 23.4 Å². The second-order valence-electron chi connectivity index (χ2n) is 4.34. The molecule has 0 aliphatic heterocycles.